The van der Waals surface area contributed by atoms with Crippen LogP contribution in [0.1, 0.15) is 24.5 Å². The molecule has 0 atom stereocenters. The molecule has 0 aromatic carbocycles. The second-order valence-electron chi connectivity index (χ2n) is 2.33. The van der Waals surface area contributed by atoms with Gasteiger partial charge in [-0.3, -0.25) is 4.79 Å². The van der Waals surface area contributed by atoms with Crippen molar-refractivity contribution < 1.29 is 9.21 Å². The minimum atomic E-state index is -0.367. The Hall–Kier alpha value is -1.39. The van der Waals surface area contributed by atoms with Crippen molar-refractivity contribution in [1.29, 1.82) is 0 Å². The molecule has 0 saturated carbocycles. The Morgan fingerprint density at radius 3 is 2.91 bits per heavy atom. The molecule has 0 aliphatic rings. The van der Waals surface area contributed by atoms with Gasteiger partial charge in [-0.1, -0.05) is 0 Å². The van der Waals surface area contributed by atoms with E-state index in [0.717, 1.165) is 0 Å². The van der Waals surface area contributed by atoms with E-state index in [4.69, 9.17) is 0 Å². The highest BCUT2D eigenvalue weighted by atomic mass is 16.4. The molecule has 59 valence electrons. The Labute approximate surface area is 63.8 Å². The van der Waals surface area contributed by atoms with E-state index in [-0.39, 0.29) is 17.8 Å². The molecule has 0 fully saturated rings. The molecule has 0 saturated heterocycles. The maximum absolute atomic E-state index is 11.0. The van der Waals surface area contributed by atoms with Crippen molar-refractivity contribution >= 4 is 5.91 Å². The summed E-state index contributed by atoms with van der Waals surface area (Å²) in [5.41, 5.74) is 0. The Bertz CT molecular complexity index is 230. The van der Waals surface area contributed by atoms with Gasteiger partial charge in [-0.2, -0.15) is 0 Å². The molecule has 1 aromatic heterocycles. The Kier molecular flexibility index (Phi) is 2.20. The summed E-state index contributed by atoms with van der Waals surface area (Å²) in [5, 5.41) is 9.22. The number of hydrogen-bond donors (Lipinski definition) is 1. The molecule has 1 radical (unpaired) electrons. The van der Waals surface area contributed by atoms with Crippen LogP contribution in [0.4, 0.5) is 0 Å². The lowest BCUT2D eigenvalue weighted by Gasteiger charge is -2.03. The number of nitrogens with zero attached hydrogens (tertiary/aromatic N) is 2. The molecule has 0 aliphatic carbocycles. The van der Waals surface area contributed by atoms with Crippen molar-refractivity contribution in [1.82, 2.24) is 15.5 Å². The average Bonchev–Trinajstić information content (AvgIpc) is 2.35. The zero-order valence-corrected chi connectivity index (χ0v) is 6.29. The highest BCUT2D eigenvalue weighted by Gasteiger charge is 2.11. The fourth-order valence-electron chi connectivity index (χ4n) is 0.566. The first kappa shape index (κ1) is 7.71. The van der Waals surface area contributed by atoms with E-state index < -0.39 is 0 Å². The number of hydrogen-bond acceptors (Lipinski definition) is 4. The van der Waals surface area contributed by atoms with Gasteiger partial charge in [0.15, 0.2) is 0 Å². The van der Waals surface area contributed by atoms with Gasteiger partial charge in [0.05, 0.1) is 0 Å². The first-order chi connectivity index (χ1) is 5.20. The molecule has 1 rings (SSSR count). The lowest BCUT2D eigenvalue weighted by Crippen LogP contribution is -2.30. The molecule has 1 amide bonds. The predicted octanol–water partition coefficient (Wildman–Crippen LogP) is 0.00799. The van der Waals surface area contributed by atoms with E-state index >= 15 is 0 Å². The quantitative estimate of drug-likeness (QED) is 0.651. The van der Waals surface area contributed by atoms with Crippen molar-refractivity contribution in [3.05, 3.63) is 12.3 Å². The van der Waals surface area contributed by atoms with Crippen LogP contribution in [0.5, 0.6) is 0 Å². The lowest BCUT2D eigenvalue weighted by atomic mass is 10.4. The smallest absolute Gasteiger partial charge is 0.309 e. The molecule has 11 heavy (non-hydrogen) atoms. The van der Waals surface area contributed by atoms with Crippen molar-refractivity contribution in [3.8, 4) is 0 Å². The third-order valence-electron chi connectivity index (χ3n) is 0.938. The van der Waals surface area contributed by atoms with Gasteiger partial charge in [0.1, 0.15) is 0 Å². The summed E-state index contributed by atoms with van der Waals surface area (Å²) < 4.78 is 4.54. The van der Waals surface area contributed by atoms with E-state index in [0.29, 0.717) is 0 Å². The second-order valence-corrected chi connectivity index (χ2v) is 2.33. The third-order valence-corrected chi connectivity index (χ3v) is 0.938. The van der Waals surface area contributed by atoms with Crippen LogP contribution in [-0.2, 0) is 0 Å². The average molecular weight is 154 g/mol. The standard InChI is InChI=1S/C6H8N3O2/c1-4(2)8-5(10)6-9-7-3-11-6/h4H,1-2H3,(H,8,10). The topological polar surface area (TPSA) is 68.0 Å². The molecule has 0 aliphatic heterocycles. The van der Waals surface area contributed by atoms with Crippen LogP contribution in [0.2, 0.25) is 0 Å². The molecule has 5 nitrogen and oxygen atoms in total. The predicted molar refractivity (Wildman–Crippen MR) is 35.7 cm³/mol. The van der Waals surface area contributed by atoms with E-state index in [1.54, 1.807) is 0 Å². The number of carbonyl (C=O) groups excluding carboxylic acids is 1. The summed E-state index contributed by atoms with van der Waals surface area (Å²) in [6, 6.07) is 0.0643. The van der Waals surface area contributed by atoms with Gasteiger partial charge >= 0.3 is 18.2 Å². The SMILES string of the molecule is CC(C)NC(=O)c1nn[c]o1. The highest BCUT2D eigenvalue weighted by molar-refractivity contribution is 5.89. The molecular formula is C6H8N3O2. The van der Waals surface area contributed by atoms with E-state index in [9.17, 15) is 4.79 Å². The minimum Gasteiger partial charge on any atom is -0.408 e. The van der Waals surface area contributed by atoms with E-state index in [2.05, 4.69) is 26.3 Å². The van der Waals surface area contributed by atoms with Crippen LogP contribution in [0, 0.1) is 6.39 Å². The molecule has 1 N–H and O–H groups in total. The largest absolute Gasteiger partial charge is 0.408 e. The van der Waals surface area contributed by atoms with Gasteiger partial charge in [-0.15, -0.1) is 10.2 Å². The first-order valence-corrected chi connectivity index (χ1v) is 3.20. The Morgan fingerprint density at radius 2 is 2.45 bits per heavy atom. The van der Waals surface area contributed by atoms with Crippen molar-refractivity contribution in [3.63, 3.8) is 0 Å². The third kappa shape index (κ3) is 2.03. The summed E-state index contributed by atoms with van der Waals surface area (Å²) in [6.45, 7) is 3.69. The second kappa shape index (κ2) is 3.14. The molecule has 5 heteroatoms. The summed E-state index contributed by atoms with van der Waals surface area (Å²) in [6.07, 6.45) is 2.09. The van der Waals surface area contributed by atoms with E-state index in [1.807, 2.05) is 13.8 Å². The zero-order chi connectivity index (χ0) is 8.27. The fraction of sp³-hybridized carbons (Fsp3) is 0.500. The monoisotopic (exact) mass is 154 g/mol. The van der Waals surface area contributed by atoms with Gasteiger partial charge in [0, 0.05) is 6.04 Å². The van der Waals surface area contributed by atoms with Gasteiger partial charge in [-0.05, 0) is 13.8 Å². The molecular weight excluding hydrogens is 146 g/mol. The maximum atomic E-state index is 11.0. The van der Waals surface area contributed by atoms with Crippen molar-refractivity contribution in [2.45, 2.75) is 19.9 Å². The molecule has 0 spiro atoms. The summed E-state index contributed by atoms with van der Waals surface area (Å²) >= 11 is 0. The van der Waals surface area contributed by atoms with Crippen LogP contribution in [0.25, 0.3) is 0 Å². The van der Waals surface area contributed by atoms with Crippen LogP contribution >= 0.6 is 0 Å². The van der Waals surface area contributed by atoms with Gasteiger partial charge in [0.25, 0.3) is 0 Å². The fourth-order valence-corrected chi connectivity index (χ4v) is 0.566. The number of amides is 1. The number of nitrogens with one attached hydrogen (secondary N) is 1. The van der Waals surface area contributed by atoms with Gasteiger partial charge in [0.2, 0.25) is 0 Å². The van der Waals surface area contributed by atoms with Crippen LogP contribution < -0.4 is 5.32 Å². The zero-order valence-electron chi connectivity index (χ0n) is 6.29. The Balaban J connectivity index is 2.57. The van der Waals surface area contributed by atoms with E-state index in [1.165, 1.54) is 0 Å². The number of carbonyl (C=O) groups is 1. The molecule has 1 aromatic rings. The molecule has 1 heterocycles. The van der Waals surface area contributed by atoms with Gasteiger partial charge < -0.3 is 9.73 Å². The van der Waals surface area contributed by atoms with Crippen molar-refractivity contribution in [2.24, 2.45) is 0 Å². The Morgan fingerprint density at radius 1 is 1.73 bits per heavy atom. The lowest BCUT2D eigenvalue weighted by molar-refractivity contribution is 0.0907. The number of aromatic nitrogens is 2. The summed E-state index contributed by atoms with van der Waals surface area (Å²) in [7, 11) is 0. The van der Waals surface area contributed by atoms with Crippen LogP contribution in [0.3, 0.4) is 0 Å². The summed E-state index contributed by atoms with van der Waals surface area (Å²) in [5.74, 6) is -0.424. The van der Waals surface area contributed by atoms with Gasteiger partial charge in [-0.25, -0.2) is 0 Å². The van der Waals surface area contributed by atoms with Crippen LogP contribution in [-0.4, -0.2) is 22.1 Å². The maximum Gasteiger partial charge on any atom is 0.309 e. The van der Waals surface area contributed by atoms with Crippen molar-refractivity contribution in [2.75, 3.05) is 0 Å². The highest BCUT2D eigenvalue weighted by Crippen LogP contribution is 1.90. The van der Waals surface area contributed by atoms with Crippen LogP contribution in [0.15, 0.2) is 4.42 Å². The number of rotatable bonds is 2. The summed E-state index contributed by atoms with van der Waals surface area (Å²) in [4.78, 5) is 11.0. The minimum absolute atomic E-state index is 0.0568. The molecule has 0 bridgehead atoms. The first-order valence-electron chi connectivity index (χ1n) is 3.20. The molecule has 0 unspecified atom stereocenters. The normalized spacial score (nSPS) is 10.1.